The molecule has 0 radical (unpaired) electrons. The molecular formula is C15H15FN2O2. The third-order valence-electron chi connectivity index (χ3n) is 2.87. The summed E-state index contributed by atoms with van der Waals surface area (Å²) in [5.41, 5.74) is 1.82. The summed E-state index contributed by atoms with van der Waals surface area (Å²) >= 11 is 0. The average molecular weight is 274 g/mol. The number of pyridine rings is 1. The lowest BCUT2D eigenvalue weighted by Crippen LogP contribution is -2.06. The summed E-state index contributed by atoms with van der Waals surface area (Å²) in [5, 5.41) is 12.1. The van der Waals surface area contributed by atoms with Crippen LogP contribution >= 0.6 is 0 Å². The summed E-state index contributed by atoms with van der Waals surface area (Å²) in [6, 6.07) is 9.16. The van der Waals surface area contributed by atoms with Crippen molar-refractivity contribution in [1.82, 2.24) is 4.98 Å². The van der Waals surface area contributed by atoms with E-state index in [0.717, 1.165) is 5.56 Å². The Morgan fingerprint density at radius 1 is 1.30 bits per heavy atom. The molecule has 0 aliphatic rings. The highest BCUT2D eigenvalue weighted by atomic mass is 19.1. The lowest BCUT2D eigenvalue weighted by Gasteiger charge is -2.08. The molecular weight excluding hydrogens is 259 g/mol. The van der Waals surface area contributed by atoms with Crippen LogP contribution in [-0.2, 0) is 13.0 Å². The van der Waals surface area contributed by atoms with E-state index >= 15 is 0 Å². The van der Waals surface area contributed by atoms with Crippen LogP contribution < -0.4 is 5.32 Å². The monoisotopic (exact) mass is 274 g/mol. The van der Waals surface area contributed by atoms with E-state index in [1.807, 2.05) is 6.92 Å². The Morgan fingerprint density at radius 2 is 2.00 bits per heavy atom. The Kier molecular flexibility index (Phi) is 4.30. The molecule has 0 atom stereocenters. The summed E-state index contributed by atoms with van der Waals surface area (Å²) in [4.78, 5) is 15.4. The molecule has 0 spiro atoms. The quantitative estimate of drug-likeness (QED) is 0.879. The van der Waals surface area contributed by atoms with Crippen LogP contribution in [0.1, 0.15) is 28.5 Å². The van der Waals surface area contributed by atoms with Gasteiger partial charge in [0.1, 0.15) is 11.6 Å². The fourth-order valence-electron chi connectivity index (χ4n) is 1.78. The van der Waals surface area contributed by atoms with E-state index in [0.29, 0.717) is 24.5 Å². The van der Waals surface area contributed by atoms with E-state index in [1.54, 1.807) is 18.2 Å². The fourth-order valence-corrected chi connectivity index (χ4v) is 1.78. The molecule has 0 saturated heterocycles. The summed E-state index contributed by atoms with van der Waals surface area (Å²) in [6.07, 6.45) is 0.659. The second-order valence-electron chi connectivity index (χ2n) is 4.37. The Balaban J connectivity index is 2.14. The summed E-state index contributed by atoms with van der Waals surface area (Å²) < 4.78 is 12.8. The lowest BCUT2D eigenvalue weighted by atomic mass is 10.2. The van der Waals surface area contributed by atoms with Gasteiger partial charge in [-0.2, -0.15) is 0 Å². The van der Waals surface area contributed by atoms with Gasteiger partial charge in [0.15, 0.2) is 0 Å². The van der Waals surface area contributed by atoms with Crippen LogP contribution in [0.2, 0.25) is 0 Å². The smallest absolute Gasteiger partial charge is 0.335 e. The number of aromatic nitrogens is 1. The number of benzene rings is 1. The molecule has 0 bridgehead atoms. The van der Waals surface area contributed by atoms with E-state index < -0.39 is 5.97 Å². The van der Waals surface area contributed by atoms with Crippen molar-refractivity contribution in [2.24, 2.45) is 0 Å². The maximum Gasteiger partial charge on any atom is 0.335 e. The molecule has 5 heteroatoms. The van der Waals surface area contributed by atoms with Gasteiger partial charge in [0.25, 0.3) is 0 Å². The van der Waals surface area contributed by atoms with E-state index in [1.165, 1.54) is 18.2 Å². The van der Waals surface area contributed by atoms with Crippen LogP contribution in [0.3, 0.4) is 0 Å². The normalized spacial score (nSPS) is 10.3. The van der Waals surface area contributed by atoms with Gasteiger partial charge in [-0.05, 0) is 36.2 Å². The molecule has 1 aromatic heterocycles. The number of carboxylic acid groups (broad SMARTS) is 1. The zero-order valence-corrected chi connectivity index (χ0v) is 11.1. The molecule has 0 saturated carbocycles. The number of nitrogens with one attached hydrogen (secondary N) is 1. The van der Waals surface area contributed by atoms with E-state index in [2.05, 4.69) is 10.3 Å². The number of rotatable bonds is 5. The number of nitrogens with zero attached hydrogens (tertiary/aromatic N) is 1. The highest BCUT2D eigenvalue weighted by Crippen LogP contribution is 2.13. The number of hydrogen-bond donors (Lipinski definition) is 2. The summed E-state index contributed by atoms with van der Waals surface area (Å²) in [7, 11) is 0. The average Bonchev–Trinajstić information content (AvgIpc) is 2.46. The first-order chi connectivity index (χ1) is 9.58. The number of halogens is 1. The maximum absolute atomic E-state index is 12.8. The molecule has 0 fully saturated rings. The lowest BCUT2D eigenvalue weighted by molar-refractivity contribution is 0.0696. The topological polar surface area (TPSA) is 62.2 Å². The van der Waals surface area contributed by atoms with Gasteiger partial charge in [-0.3, -0.25) is 0 Å². The van der Waals surface area contributed by atoms with Crippen LogP contribution in [-0.4, -0.2) is 16.1 Å². The van der Waals surface area contributed by atoms with Crippen molar-refractivity contribution in [3.63, 3.8) is 0 Å². The Hall–Kier alpha value is -2.43. The van der Waals surface area contributed by atoms with Crippen LogP contribution in [0.4, 0.5) is 10.2 Å². The van der Waals surface area contributed by atoms with Crippen molar-refractivity contribution < 1.29 is 14.3 Å². The first-order valence-electron chi connectivity index (χ1n) is 6.31. The van der Waals surface area contributed by atoms with Gasteiger partial charge in [-0.25, -0.2) is 14.2 Å². The van der Waals surface area contributed by atoms with Crippen molar-refractivity contribution in [3.8, 4) is 0 Å². The summed E-state index contributed by atoms with van der Waals surface area (Å²) in [5.74, 6) is -0.758. The van der Waals surface area contributed by atoms with Gasteiger partial charge in [0.2, 0.25) is 0 Å². The zero-order valence-electron chi connectivity index (χ0n) is 11.1. The van der Waals surface area contributed by atoms with Gasteiger partial charge in [-0.15, -0.1) is 0 Å². The van der Waals surface area contributed by atoms with Gasteiger partial charge < -0.3 is 10.4 Å². The maximum atomic E-state index is 12.8. The van der Waals surface area contributed by atoms with E-state index in [4.69, 9.17) is 5.11 Å². The minimum Gasteiger partial charge on any atom is -0.478 e. The Labute approximate surface area is 116 Å². The number of aryl methyl sites for hydroxylation is 1. The molecule has 20 heavy (non-hydrogen) atoms. The van der Waals surface area contributed by atoms with Crippen molar-refractivity contribution in [1.29, 1.82) is 0 Å². The van der Waals surface area contributed by atoms with Crippen LogP contribution in [0.5, 0.6) is 0 Å². The first kappa shape index (κ1) is 14.0. The van der Waals surface area contributed by atoms with Crippen molar-refractivity contribution in [2.45, 2.75) is 19.9 Å². The molecule has 1 aromatic carbocycles. The van der Waals surface area contributed by atoms with Gasteiger partial charge in [0, 0.05) is 12.2 Å². The van der Waals surface area contributed by atoms with Crippen LogP contribution in [0.25, 0.3) is 0 Å². The number of aromatic carboxylic acids is 1. The van der Waals surface area contributed by atoms with Crippen molar-refractivity contribution in [2.75, 3.05) is 5.32 Å². The molecule has 0 aliphatic carbocycles. The van der Waals surface area contributed by atoms with Crippen molar-refractivity contribution in [3.05, 3.63) is 59.0 Å². The number of carbonyl (C=O) groups is 1. The number of anilines is 1. The molecule has 2 aromatic rings. The molecule has 4 nitrogen and oxygen atoms in total. The second-order valence-corrected chi connectivity index (χ2v) is 4.37. The summed E-state index contributed by atoms with van der Waals surface area (Å²) in [6.45, 7) is 2.37. The highest BCUT2D eigenvalue weighted by Gasteiger charge is 2.07. The first-order valence-corrected chi connectivity index (χ1v) is 6.31. The van der Waals surface area contributed by atoms with Gasteiger partial charge in [0.05, 0.1) is 5.56 Å². The predicted octanol–water partition coefficient (Wildman–Crippen LogP) is 3.09. The SMILES string of the molecule is CCc1cc(C(=O)O)cc(NCc2ccc(F)cc2)n1. The molecule has 0 amide bonds. The highest BCUT2D eigenvalue weighted by molar-refractivity contribution is 5.88. The van der Waals surface area contributed by atoms with Gasteiger partial charge >= 0.3 is 5.97 Å². The molecule has 2 N–H and O–H groups in total. The van der Waals surface area contributed by atoms with Gasteiger partial charge in [-0.1, -0.05) is 19.1 Å². The Morgan fingerprint density at radius 3 is 2.60 bits per heavy atom. The number of carboxylic acids is 1. The zero-order chi connectivity index (χ0) is 14.5. The van der Waals surface area contributed by atoms with Crippen LogP contribution in [0.15, 0.2) is 36.4 Å². The molecule has 1 heterocycles. The van der Waals surface area contributed by atoms with E-state index in [-0.39, 0.29) is 11.4 Å². The Bertz CT molecular complexity index is 612. The fraction of sp³-hybridized carbons (Fsp3) is 0.200. The van der Waals surface area contributed by atoms with Crippen molar-refractivity contribution >= 4 is 11.8 Å². The minimum atomic E-state index is -0.980. The second kappa shape index (κ2) is 6.14. The molecule has 2 rings (SSSR count). The van der Waals surface area contributed by atoms with E-state index in [9.17, 15) is 9.18 Å². The standard InChI is InChI=1S/C15H15FN2O2/c1-2-13-7-11(15(19)20)8-14(18-13)17-9-10-3-5-12(16)6-4-10/h3-8H,2,9H2,1H3,(H,17,18)(H,19,20). The minimum absolute atomic E-state index is 0.207. The molecule has 0 aliphatic heterocycles. The largest absolute Gasteiger partial charge is 0.478 e. The predicted molar refractivity (Wildman–Crippen MR) is 74.3 cm³/mol. The molecule has 0 unspecified atom stereocenters. The molecule has 104 valence electrons. The number of hydrogen-bond acceptors (Lipinski definition) is 3. The third-order valence-corrected chi connectivity index (χ3v) is 2.87. The van der Waals surface area contributed by atoms with Crippen LogP contribution in [0, 0.1) is 5.82 Å². The third kappa shape index (κ3) is 3.54.